The number of rotatable bonds is 6. The smallest absolute Gasteiger partial charge is 0.263 e. The lowest BCUT2D eigenvalue weighted by atomic mass is 10.3. The lowest BCUT2D eigenvalue weighted by molar-refractivity contribution is 0.0958. The molecule has 0 radical (unpaired) electrons. The van der Waals surface area contributed by atoms with Gasteiger partial charge in [0, 0.05) is 24.9 Å². The van der Waals surface area contributed by atoms with E-state index in [9.17, 15) is 4.79 Å². The normalized spacial score (nSPS) is 15.1. The van der Waals surface area contributed by atoms with Gasteiger partial charge in [-0.3, -0.25) is 14.7 Å². The van der Waals surface area contributed by atoms with Gasteiger partial charge in [-0.05, 0) is 38.1 Å². The van der Waals surface area contributed by atoms with Crippen molar-refractivity contribution in [2.75, 3.05) is 19.6 Å². The first-order chi connectivity index (χ1) is 10.8. The maximum absolute atomic E-state index is 12.1. The molecule has 0 aliphatic carbocycles. The highest BCUT2D eigenvalue weighted by Crippen LogP contribution is 2.17. The SMILES string of the molecule is O=C(NCCc1ccccn1)c1cnc(CN2CCCC2)s1. The molecule has 5 nitrogen and oxygen atoms in total. The van der Waals surface area contributed by atoms with E-state index in [1.165, 1.54) is 24.2 Å². The molecular formula is C16H20N4OS. The summed E-state index contributed by atoms with van der Waals surface area (Å²) in [6, 6.07) is 5.81. The van der Waals surface area contributed by atoms with Crippen molar-refractivity contribution in [3.8, 4) is 0 Å². The summed E-state index contributed by atoms with van der Waals surface area (Å²) in [4.78, 5) is 23.8. The quantitative estimate of drug-likeness (QED) is 0.887. The molecule has 0 spiro atoms. The van der Waals surface area contributed by atoms with Gasteiger partial charge in [0.25, 0.3) is 5.91 Å². The fourth-order valence-electron chi connectivity index (χ4n) is 2.56. The van der Waals surface area contributed by atoms with Gasteiger partial charge in [0.15, 0.2) is 0 Å². The lowest BCUT2D eigenvalue weighted by Crippen LogP contribution is -2.25. The highest BCUT2D eigenvalue weighted by atomic mass is 32.1. The molecule has 1 N–H and O–H groups in total. The van der Waals surface area contributed by atoms with Crippen LogP contribution in [0.4, 0.5) is 0 Å². The third-order valence-electron chi connectivity index (χ3n) is 3.73. The Kier molecular flexibility index (Phi) is 5.13. The van der Waals surface area contributed by atoms with Crippen LogP contribution in [0.3, 0.4) is 0 Å². The van der Waals surface area contributed by atoms with Gasteiger partial charge < -0.3 is 5.32 Å². The van der Waals surface area contributed by atoms with Crippen molar-refractivity contribution in [3.05, 3.63) is 46.2 Å². The number of hydrogen-bond donors (Lipinski definition) is 1. The lowest BCUT2D eigenvalue weighted by Gasteiger charge is -2.11. The van der Waals surface area contributed by atoms with Gasteiger partial charge in [-0.1, -0.05) is 6.07 Å². The predicted molar refractivity (Wildman–Crippen MR) is 86.9 cm³/mol. The standard InChI is InChI=1S/C16H20N4OS/c21-16(18-8-6-13-5-1-2-7-17-13)14-11-19-15(22-14)12-20-9-3-4-10-20/h1-2,5,7,11H,3-4,6,8-10,12H2,(H,18,21). The fraction of sp³-hybridized carbons (Fsp3) is 0.438. The molecule has 116 valence electrons. The number of hydrogen-bond acceptors (Lipinski definition) is 5. The second-order valence-electron chi connectivity index (χ2n) is 5.43. The first-order valence-electron chi connectivity index (χ1n) is 7.66. The number of likely N-dealkylation sites (tertiary alicyclic amines) is 1. The fourth-order valence-corrected chi connectivity index (χ4v) is 3.43. The third-order valence-corrected chi connectivity index (χ3v) is 4.71. The highest BCUT2D eigenvalue weighted by molar-refractivity contribution is 7.13. The molecule has 0 bridgehead atoms. The molecule has 1 saturated heterocycles. The molecule has 0 saturated carbocycles. The van der Waals surface area contributed by atoms with Gasteiger partial charge in [0.05, 0.1) is 12.7 Å². The first kappa shape index (κ1) is 15.1. The monoisotopic (exact) mass is 316 g/mol. The molecule has 1 fully saturated rings. The maximum atomic E-state index is 12.1. The molecule has 0 aromatic carbocycles. The predicted octanol–water partition coefficient (Wildman–Crippen LogP) is 2.11. The summed E-state index contributed by atoms with van der Waals surface area (Å²) in [5.74, 6) is -0.0406. The number of amides is 1. The van der Waals surface area contributed by atoms with Crippen molar-refractivity contribution in [2.45, 2.75) is 25.8 Å². The summed E-state index contributed by atoms with van der Waals surface area (Å²) in [7, 11) is 0. The van der Waals surface area contributed by atoms with E-state index in [0.717, 1.165) is 36.8 Å². The van der Waals surface area contributed by atoms with E-state index in [1.54, 1.807) is 12.4 Å². The van der Waals surface area contributed by atoms with Crippen LogP contribution in [0.15, 0.2) is 30.6 Å². The number of nitrogens with one attached hydrogen (secondary N) is 1. The van der Waals surface area contributed by atoms with Crippen LogP contribution in [0.2, 0.25) is 0 Å². The highest BCUT2D eigenvalue weighted by Gasteiger charge is 2.15. The Morgan fingerprint density at radius 2 is 2.14 bits per heavy atom. The maximum Gasteiger partial charge on any atom is 0.263 e. The van der Waals surface area contributed by atoms with E-state index in [2.05, 4.69) is 20.2 Å². The summed E-state index contributed by atoms with van der Waals surface area (Å²) in [5.41, 5.74) is 0.988. The van der Waals surface area contributed by atoms with E-state index < -0.39 is 0 Å². The van der Waals surface area contributed by atoms with E-state index in [-0.39, 0.29) is 5.91 Å². The van der Waals surface area contributed by atoms with Crippen LogP contribution in [0.25, 0.3) is 0 Å². The Labute approximate surface area is 134 Å². The zero-order valence-electron chi connectivity index (χ0n) is 12.5. The minimum absolute atomic E-state index is 0.0406. The minimum atomic E-state index is -0.0406. The van der Waals surface area contributed by atoms with Gasteiger partial charge in [-0.15, -0.1) is 11.3 Å². The summed E-state index contributed by atoms with van der Waals surface area (Å²) in [5, 5.41) is 3.96. The van der Waals surface area contributed by atoms with Crippen LogP contribution >= 0.6 is 11.3 Å². The Morgan fingerprint density at radius 3 is 2.91 bits per heavy atom. The Balaban J connectivity index is 1.46. The molecular weight excluding hydrogens is 296 g/mol. The van der Waals surface area contributed by atoms with Gasteiger partial charge in [-0.25, -0.2) is 4.98 Å². The first-order valence-corrected chi connectivity index (χ1v) is 8.48. The summed E-state index contributed by atoms with van der Waals surface area (Å²) in [6.07, 6.45) is 6.74. The molecule has 2 aromatic rings. The Morgan fingerprint density at radius 1 is 1.27 bits per heavy atom. The molecule has 6 heteroatoms. The number of carbonyl (C=O) groups is 1. The Hall–Kier alpha value is -1.79. The summed E-state index contributed by atoms with van der Waals surface area (Å²) in [6.45, 7) is 3.75. The minimum Gasteiger partial charge on any atom is -0.351 e. The van der Waals surface area contributed by atoms with Crippen molar-refractivity contribution < 1.29 is 4.79 Å². The van der Waals surface area contributed by atoms with Gasteiger partial charge in [-0.2, -0.15) is 0 Å². The summed E-state index contributed by atoms with van der Waals surface area (Å²) < 4.78 is 0. The van der Waals surface area contributed by atoms with Crippen molar-refractivity contribution in [2.24, 2.45) is 0 Å². The van der Waals surface area contributed by atoms with Crippen LogP contribution in [-0.2, 0) is 13.0 Å². The number of pyridine rings is 1. The second-order valence-corrected chi connectivity index (χ2v) is 6.54. The van der Waals surface area contributed by atoms with Gasteiger partial charge in [0.2, 0.25) is 0 Å². The molecule has 3 rings (SSSR count). The molecule has 1 amide bonds. The zero-order valence-corrected chi connectivity index (χ0v) is 13.3. The van der Waals surface area contributed by atoms with Gasteiger partial charge >= 0.3 is 0 Å². The molecule has 3 heterocycles. The molecule has 0 atom stereocenters. The van der Waals surface area contributed by atoms with Crippen LogP contribution in [0, 0.1) is 0 Å². The van der Waals surface area contributed by atoms with E-state index in [0.29, 0.717) is 11.4 Å². The van der Waals surface area contributed by atoms with Crippen molar-refractivity contribution in [1.29, 1.82) is 0 Å². The van der Waals surface area contributed by atoms with Crippen LogP contribution in [-0.4, -0.2) is 40.4 Å². The van der Waals surface area contributed by atoms with Crippen LogP contribution in [0.1, 0.15) is 33.2 Å². The van der Waals surface area contributed by atoms with Crippen molar-refractivity contribution in [1.82, 2.24) is 20.2 Å². The van der Waals surface area contributed by atoms with E-state index >= 15 is 0 Å². The number of nitrogens with zero attached hydrogens (tertiary/aromatic N) is 3. The molecule has 1 aliphatic rings. The molecule has 1 aliphatic heterocycles. The van der Waals surface area contributed by atoms with Crippen LogP contribution in [0.5, 0.6) is 0 Å². The van der Waals surface area contributed by atoms with E-state index in [4.69, 9.17) is 0 Å². The average molecular weight is 316 g/mol. The number of carbonyl (C=O) groups excluding carboxylic acids is 1. The number of thiazole rings is 1. The topological polar surface area (TPSA) is 58.1 Å². The Bertz CT molecular complexity index is 608. The zero-order chi connectivity index (χ0) is 15.2. The largest absolute Gasteiger partial charge is 0.351 e. The summed E-state index contributed by atoms with van der Waals surface area (Å²) >= 11 is 1.49. The average Bonchev–Trinajstić information content (AvgIpc) is 3.21. The van der Waals surface area contributed by atoms with E-state index in [1.807, 2.05) is 18.2 Å². The number of aromatic nitrogens is 2. The molecule has 0 unspecified atom stereocenters. The second kappa shape index (κ2) is 7.47. The molecule has 2 aromatic heterocycles. The van der Waals surface area contributed by atoms with Crippen molar-refractivity contribution in [3.63, 3.8) is 0 Å². The van der Waals surface area contributed by atoms with Gasteiger partial charge in [0.1, 0.15) is 9.88 Å². The molecule has 22 heavy (non-hydrogen) atoms. The third kappa shape index (κ3) is 4.11. The van der Waals surface area contributed by atoms with Crippen molar-refractivity contribution >= 4 is 17.2 Å². The van der Waals surface area contributed by atoms with Crippen LogP contribution < -0.4 is 5.32 Å².